The van der Waals surface area contributed by atoms with Crippen LogP contribution in [-0.2, 0) is 13.5 Å². The van der Waals surface area contributed by atoms with Crippen LogP contribution in [0.15, 0.2) is 66.7 Å². The summed E-state index contributed by atoms with van der Waals surface area (Å²) in [7, 11) is 2.18. The lowest BCUT2D eigenvalue weighted by Gasteiger charge is -2.18. The van der Waals surface area contributed by atoms with Gasteiger partial charge in [-0.3, -0.25) is 0 Å². The zero-order valence-corrected chi connectivity index (χ0v) is 17.0. The summed E-state index contributed by atoms with van der Waals surface area (Å²) in [6, 6.07) is 24.6. The fourth-order valence-electron chi connectivity index (χ4n) is 4.15. The first-order chi connectivity index (χ1) is 12.8. The lowest BCUT2D eigenvalue weighted by molar-refractivity contribution is -0.633. The largest absolute Gasteiger partial charge is 0.213 e. The van der Waals surface area contributed by atoms with Gasteiger partial charge in [-0.1, -0.05) is 63.2 Å². The lowest BCUT2D eigenvalue weighted by atomic mass is 9.87. The molecule has 1 aromatic heterocycles. The van der Waals surface area contributed by atoms with Gasteiger partial charge in [0.2, 0.25) is 11.2 Å². The van der Waals surface area contributed by atoms with Crippen LogP contribution in [0.4, 0.5) is 0 Å². The van der Waals surface area contributed by atoms with E-state index in [1.54, 1.807) is 0 Å². The third-order valence-corrected chi connectivity index (χ3v) is 5.36. The van der Waals surface area contributed by atoms with Gasteiger partial charge in [-0.05, 0) is 52.8 Å². The maximum Gasteiger partial charge on any atom is 0.213 e. The second-order valence-electron chi connectivity index (χ2n) is 8.89. The fraction of sp³-hybridized carbons (Fsp3) is 0.269. The molecule has 1 heterocycles. The van der Waals surface area contributed by atoms with Crippen LogP contribution in [0.5, 0.6) is 0 Å². The summed E-state index contributed by atoms with van der Waals surface area (Å²) in [4.78, 5) is 0. The number of fused-ring (bicyclic) bond motifs is 2. The first-order valence-electron chi connectivity index (χ1n) is 9.74. The Balaban J connectivity index is 1.91. The molecule has 0 N–H and O–H groups in total. The summed E-state index contributed by atoms with van der Waals surface area (Å²) in [6.45, 7) is 9.09. The molecule has 0 spiro atoms. The molecule has 1 heteroatoms. The van der Waals surface area contributed by atoms with Crippen LogP contribution in [0, 0.1) is 12.3 Å². The van der Waals surface area contributed by atoms with E-state index in [-0.39, 0.29) is 0 Å². The van der Waals surface area contributed by atoms with Crippen molar-refractivity contribution in [2.45, 2.75) is 34.1 Å². The topological polar surface area (TPSA) is 3.88 Å². The molecule has 0 aliphatic heterocycles. The minimum absolute atomic E-state index is 0.301. The van der Waals surface area contributed by atoms with Crippen molar-refractivity contribution < 1.29 is 4.57 Å². The highest BCUT2D eigenvalue weighted by Gasteiger charge is 2.19. The van der Waals surface area contributed by atoms with Gasteiger partial charge in [0.15, 0.2) is 0 Å². The Labute approximate surface area is 162 Å². The van der Waals surface area contributed by atoms with E-state index >= 15 is 0 Å². The van der Waals surface area contributed by atoms with Crippen molar-refractivity contribution in [3.05, 3.63) is 77.9 Å². The molecule has 0 aliphatic carbocycles. The van der Waals surface area contributed by atoms with Gasteiger partial charge in [0, 0.05) is 17.5 Å². The quantitative estimate of drug-likeness (QED) is 0.368. The number of pyridine rings is 1. The summed E-state index contributed by atoms with van der Waals surface area (Å²) < 4.78 is 2.34. The highest BCUT2D eigenvalue weighted by atomic mass is 14.9. The molecule has 0 fully saturated rings. The van der Waals surface area contributed by atoms with E-state index in [2.05, 4.69) is 106 Å². The van der Waals surface area contributed by atoms with Crippen LogP contribution in [0.1, 0.15) is 31.9 Å². The molecule has 0 amide bonds. The van der Waals surface area contributed by atoms with Gasteiger partial charge in [0.05, 0.1) is 5.56 Å². The Hall–Kier alpha value is -2.67. The number of aromatic nitrogens is 1. The Kier molecular flexibility index (Phi) is 4.26. The minimum Gasteiger partial charge on any atom is -0.194 e. The normalized spacial score (nSPS) is 12.0. The van der Waals surface area contributed by atoms with E-state index < -0.39 is 0 Å². The van der Waals surface area contributed by atoms with Gasteiger partial charge < -0.3 is 0 Å². The van der Waals surface area contributed by atoms with Crippen LogP contribution in [0.25, 0.3) is 32.9 Å². The molecule has 27 heavy (non-hydrogen) atoms. The molecule has 0 atom stereocenters. The smallest absolute Gasteiger partial charge is 0.194 e. The number of rotatable bonds is 2. The van der Waals surface area contributed by atoms with Crippen LogP contribution >= 0.6 is 0 Å². The van der Waals surface area contributed by atoms with Gasteiger partial charge in [0.1, 0.15) is 7.05 Å². The molecule has 1 nitrogen and oxygen atoms in total. The molecule has 0 aliphatic rings. The molecule has 136 valence electrons. The van der Waals surface area contributed by atoms with Crippen molar-refractivity contribution >= 4 is 21.7 Å². The summed E-state index contributed by atoms with van der Waals surface area (Å²) in [6.07, 6.45) is 1.09. The van der Waals surface area contributed by atoms with E-state index in [4.69, 9.17) is 0 Å². The highest BCUT2D eigenvalue weighted by molar-refractivity contribution is 5.97. The average Bonchev–Trinajstić information content (AvgIpc) is 2.61. The lowest BCUT2D eigenvalue weighted by Crippen LogP contribution is -2.32. The number of nitrogens with zero attached hydrogens (tertiary/aromatic N) is 1. The molecular formula is C26H28N+. The molecule has 3 aromatic carbocycles. The van der Waals surface area contributed by atoms with E-state index in [0.717, 1.165) is 6.42 Å². The maximum atomic E-state index is 2.35. The highest BCUT2D eigenvalue weighted by Crippen LogP contribution is 2.31. The van der Waals surface area contributed by atoms with E-state index in [1.807, 2.05) is 0 Å². The molecule has 0 saturated carbocycles. The van der Waals surface area contributed by atoms with E-state index in [0.29, 0.717) is 5.41 Å². The minimum atomic E-state index is 0.301. The molecule has 0 radical (unpaired) electrons. The molecule has 0 unspecified atom stereocenters. The predicted molar refractivity (Wildman–Crippen MR) is 116 cm³/mol. The maximum absolute atomic E-state index is 2.35. The zero-order valence-electron chi connectivity index (χ0n) is 17.0. The zero-order chi connectivity index (χ0) is 19.2. The van der Waals surface area contributed by atoms with Crippen LogP contribution < -0.4 is 4.57 Å². The third-order valence-electron chi connectivity index (χ3n) is 5.36. The Morgan fingerprint density at radius 3 is 2.33 bits per heavy atom. The monoisotopic (exact) mass is 354 g/mol. The van der Waals surface area contributed by atoms with Crippen molar-refractivity contribution in [2.24, 2.45) is 12.5 Å². The number of hydrogen-bond donors (Lipinski definition) is 0. The fourth-order valence-corrected chi connectivity index (χ4v) is 4.15. The van der Waals surface area contributed by atoms with Crippen molar-refractivity contribution in [1.82, 2.24) is 0 Å². The molecule has 4 aromatic rings. The summed E-state index contributed by atoms with van der Waals surface area (Å²) in [5.41, 5.74) is 6.89. The summed E-state index contributed by atoms with van der Waals surface area (Å²) in [5, 5.41) is 3.91. The molecular weight excluding hydrogens is 326 g/mol. The van der Waals surface area contributed by atoms with Crippen molar-refractivity contribution in [1.29, 1.82) is 0 Å². The molecule has 4 rings (SSSR count). The summed E-state index contributed by atoms with van der Waals surface area (Å²) in [5.74, 6) is 0. The van der Waals surface area contributed by atoms with Crippen molar-refractivity contribution in [2.75, 3.05) is 0 Å². The first-order valence-corrected chi connectivity index (χ1v) is 9.74. The van der Waals surface area contributed by atoms with Crippen molar-refractivity contribution in [3.63, 3.8) is 0 Å². The average molecular weight is 355 g/mol. The Bertz CT molecular complexity index is 1150. The number of benzene rings is 3. The number of hydrogen-bond acceptors (Lipinski definition) is 0. The van der Waals surface area contributed by atoms with E-state index in [1.165, 1.54) is 44.1 Å². The molecule has 0 bridgehead atoms. The van der Waals surface area contributed by atoms with Crippen LogP contribution in [0.3, 0.4) is 0 Å². The SMILES string of the molecule is Cc1ccc2ccccc2c1-c1ccc2cc(CC(C)(C)C)ccc2[n+]1C. The second kappa shape index (κ2) is 6.49. The molecule has 0 saturated heterocycles. The van der Waals surface area contributed by atoms with Gasteiger partial charge in [-0.15, -0.1) is 0 Å². The third kappa shape index (κ3) is 3.35. The Morgan fingerprint density at radius 1 is 0.815 bits per heavy atom. The van der Waals surface area contributed by atoms with Gasteiger partial charge >= 0.3 is 0 Å². The number of aryl methyl sites for hydroxylation is 2. The van der Waals surface area contributed by atoms with Gasteiger partial charge in [-0.2, -0.15) is 4.57 Å². The Morgan fingerprint density at radius 2 is 1.56 bits per heavy atom. The summed E-state index contributed by atoms with van der Waals surface area (Å²) >= 11 is 0. The predicted octanol–water partition coefficient (Wildman–Crippen LogP) is 6.38. The first kappa shape index (κ1) is 17.7. The van der Waals surface area contributed by atoms with Crippen LogP contribution in [-0.4, -0.2) is 0 Å². The van der Waals surface area contributed by atoms with E-state index in [9.17, 15) is 0 Å². The standard InChI is InChI=1S/C26H28N/c1-18-10-12-20-8-6-7-9-22(20)25(18)24-15-13-21-16-19(17-26(2,3)4)11-14-23(21)27(24)5/h6-16H,17H2,1-5H3/q+1. The van der Waals surface area contributed by atoms with Crippen molar-refractivity contribution in [3.8, 4) is 11.3 Å². The van der Waals surface area contributed by atoms with Gasteiger partial charge in [-0.25, -0.2) is 0 Å². The van der Waals surface area contributed by atoms with Gasteiger partial charge in [0.25, 0.3) is 0 Å². The second-order valence-corrected chi connectivity index (χ2v) is 8.89. The van der Waals surface area contributed by atoms with Crippen LogP contribution in [0.2, 0.25) is 0 Å².